The number of hydrogen-bond donors (Lipinski definition) is 2. The number of thioether (sulfide) groups is 1. The molecule has 178 valence electrons. The first-order valence-corrected chi connectivity index (χ1v) is 12.5. The number of carbonyl (C=O) groups excluding carboxylic acids is 1. The molecule has 1 amide bonds. The maximum absolute atomic E-state index is 12.2. The second-order valence-electron chi connectivity index (χ2n) is 7.94. The summed E-state index contributed by atoms with van der Waals surface area (Å²) in [5.41, 5.74) is 2.03. The van der Waals surface area contributed by atoms with Gasteiger partial charge in [-0.3, -0.25) is 4.79 Å². The van der Waals surface area contributed by atoms with E-state index in [-0.39, 0.29) is 5.91 Å². The molecule has 0 aliphatic heterocycles. The van der Waals surface area contributed by atoms with Crippen LogP contribution in [0.4, 0.5) is 5.82 Å². The number of anilines is 1. The van der Waals surface area contributed by atoms with E-state index in [0.29, 0.717) is 49.7 Å². The fourth-order valence-corrected chi connectivity index (χ4v) is 4.08. The minimum atomic E-state index is 0.0614. The first kappa shape index (κ1) is 25.0. The molecular formula is C24H34N6O2S. The van der Waals surface area contributed by atoms with Crippen molar-refractivity contribution in [2.24, 2.45) is 0 Å². The van der Waals surface area contributed by atoms with E-state index >= 15 is 0 Å². The quantitative estimate of drug-likeness (QED) is 0.210. The molecule has 9 heteroatoms. The van der Waals surface area contributed by atoms with Crippen molar-refractivity contribution in [2.75, 3.05) is 31.6 Å². The summed E-state index contributed by atoms with van der Waals surface area (Å²) in [7, 11) is 0. The first-order chi connectivity index (χ1) is 16.1. The molecular weight excluding hydrogens is 436 g/mol. The van der Waals surface area contributed by atoms with Gasteiger partial charge in [-0.25, -0.2) is 14.6 Å². The number of aryl methyl sites for hydroxylation is 1. The number of aromatic nitrogens is 4. The molecule has 3 aromatic rings. The summed E-state index contributed by atoms with van der Waals surface area (Å²) in [4.78, 5) is 21.6. The van der Waals surface area contributed by atoms with Crippen LogP contribution >= 0.6 is 11.8 Å². The predicted molar refractivity (Wildman–Crippen MR) is 134 cm³/mol. The second kappa shape index (κ2) is 13.2. The number of carbonyl (C=O) groups is 1. The third-order valence-corrected chi connectivity index (χ3v) is 5.78. The van der Waals surface area contributed by atoms with Gasteiger partial charge in [-0.1, -0.05) is 55.9 Å². The summed E-state index contributed by atoms with van der Waals surface area (Å²) in [6, 6.07) is 10.2. The molecule has 0 fully saturated rings. The molecule has 3 rings (SSSR count). The van der Waals surface area contributed by atoms with Gasteiger partial charge in [0.15, 0.2) is 10.8 Å². The van der Waals surface area contributed by atoms with Gasteiger partial charge >= 0.3 is 0 Å². The molecule has 1 aromatic carbocycles. The van der Waals surface area contributed by atoms with E-state index in [1.54, 1.807) is 18.0 Å². The molecule has 2 aromatic heterocycles. The number of rotatable bonds is 14. The van der Waals surface area contributed by atoms with Crippen LogP contribution in [0.15, 0.2) is 41.7 Å². The van der Waals surface area contributed by atoms with Crippen LogP contribution in [0.3, 0.4) is 0 Å². The summed E-state index contributed by atoms with van der Waals surface area (Å²) in [6.07, 6.45) is 4.04. The molecule has 0 atom stereocenters. The highest BCUT2D eigenvalue weighted by Gasteiger charge is 2.14. The average molecular weight is 471 g/mol. The van der Waals surface area contributed by atoms with E-state index < -0.39 is 0 Å². The number of nitrogens with zero attached hydrogens (tertiary/aromatic N) is 4. The van der Waals surface area contributed by atoms with Crippen LogP contribution < -0.4 is 10.6 Å². The highest BCUT2D eigenvalue weighted by molar-refractivity contribution is 7.99. The van der Waals surface area contributed by atoms with Crippen molar-refractivity contribution in [1.29, 1.82) is 0 Å². The van der Waals surface area contributed by atoms with Gasteiger partial charge in [-0.15, -0.1) is 0 Å². The third kappa shape index (κ3) is 8.01. The lowest BCUT2D eigenvalue weighted by atomic mass is 10.1. The van der Waals surface area contributed by atoms with Gasteiger partial charge in [0.2, 0.25) is 5.91 Å². The van der Waals surface area contributed by atoms with Gasteiger partial charge in [-0.2, -0.15) is 5.10 Å². The Morgan fingerprint density at radius 3 is 2.76 bits per heavy atom. The van der Waals surface area contributed by atoms with Gasteiger partial charge in [0.1, 0.15) is 5.82 Å². The minimum absolute atomic E-state index is 0.0614. The van der Waals surface area contributed by atoms with Crippen molar-refractivity contribution < 1.29 is 9.53 Å². The predicted octanol–water partition coefficient (Wildman–Crippen LogP) is 3.91. The van der Waals surface area contributed by atoms with Crippen molar-refractivity contribution in [2.45, 2.75) is 57.0 Å². The summed E-state index contributed by atoms with van der Waals surface area (Å²) < 4.78 is 7.26. The molecule has 0 radical (unpaired) electrons. The third-order valence-electron chi connectivity index (χ3n) is 4.92. The van der Waals surface area contributed by atoms with E-state index in [9.17, 15) is 4.79 Å². The van der Waals surface area contributed by atoms with Crippen LogP contribution in [-0.4, -0.2) is 57.2 Å². The van der Waals surface area contributed by atoms with Gasteiger partial charge < -0.3 is 15.4 Å². The number of hydrogen-bond acceptors (Lipinski definition) is 7. The monoisotopic (exact) mass is 470 g/mol. The Balaban J connectivity index is 1.57. The Kier molecular flexibility index (Phi) is 9.96. The first-order valence-electron chi connectivity index (χ1n) is 11.6. The van der Waals surface area contributed by atoms with Crippen LogP contribution in [0.25, 0.3) is 11.0 Å². The zero-order valence-corrected chi connectivity index (χ0v) is 20.5. The molecule has 0 spiro atoms. The Hall–Kier alpha value is -2.65. The number of fused-ring (bicyclic) bond motifs is 1. The zero-order valence-electron chi connectivity index (χ0n) is 19.7. The van der Waals surface area contributed by atoms with Crippen molar-refractivity contribution in [3.63, 3.8) is 0 Å². The molecule has 0 aliphatic rings. The number of amides is 1. The lowest BCUT2D eigenvalue weighted by Crippen LogP contribution is -2.27. The van der Waals surface area contributed by atoms with Gasteiger partial charge in [0, 0.05) is 31.4 Å². The number of benzene rings is 1. The van der Waals surface area contributed by atoms with Crippen LogP contribution in [0, 0.1) is 0 Å². The van der Waals surface area contributed by atoms with Crippen LogP contribution in [0.5, 0.6) is 0 Å². The molecule has 33 heavy (non-hydrogen) atoms. The van der Waals surface area contributed by atoms with E-state index in [1.807, 2.05) is 29.8 Å². The lowest BCUT2D eigenvalue weighted by Gasteiger charge is -2.11. The highest BCUT2D eigenvalue weighted by atomic mass is 32.2. The molecule has 8 nitrogen and oxygen atoms in total. The minimum Gasteiger partial charge on any atom is -0.380 e. The zero-order chi connectivity index (χ0) is 23.5. The van der Waals surface area contributed by atoms with E-state index in [4.69, 9.17) is 9.72 Å². The lowest BCUT2D eigenvalue weighted by molar-refractivity contribution is -0.121. The van der Waals surface area contributed by atoms with Gasteiger partial charge in [-0.05, 0) is 25.3 Å². The average Bonchev–Trinajstić information content (AvgIpc) is 3.20. The fourth-order valence-electron chi connectivity index (χ4n) is 3.37. The summed E-state index contributed by atoms with van der Waals surface area (Å²) >= 11 is 1.61. The van der Waals surface area contributed by atoms with E-state index in [0.717, 1.165) is 29.7 Å². The molecule has 2 heterocycles. The van der Waals surface area contributed by atoms with Crippen LogP contribution in [-0.2, 0) is 22.5 Å². The highest BCUT2D eigenvalue weighted by Crippen LogP contribution is 2.26. The van der Waals surface area contributed by atoms with Crippen LogP contribution in [0.1, 0.15) is 39.2 Å². The normalized spacial score (nSPS) is 11.3. The van der Waals surface area contributed by atoms with Gasteiger partial charge in [0.05, 0.1) is 24.7 Å². The van der Waals surface area contributed by atoms with Crippen molar-refractivity contribution in [1.82, 2.24) is 25.1 Å². The Morgan fingerprint density at radius 1 is 1.18 bits per heavy atom. The topological polar surface area (TPSA) is 94.0 Å². The fraction of sp³-hybridized carbons (Fsp3) is 0.500. The molecule has 0 saturated heterocycles. The van der Waals surface area contributed by atoms with Crippen molar-refractivity contribution in [3.05, 3.63) is 42.1 Å². The largest absolute Gasteiger partial charge is 0.380 e. The SMILES string of the molecule is CCOCCNc1nc(SC(C)C)nc2c1cnn2CCNC(=O)CCCc1ccccc1. The van der Waals surface area contributed by atoms with Crippen LogP contribution in [0.2, 0.25) is 0 Å². The smallest absolute Gasteiger partial charge is 0.220 e. The molecule has 0 saturated carbocycles. The van der Waals surface area contributed by atoms with E-state index in [1.165, 1.54) is 5.56 Å². The Morgan fingerprint density at radius 2 is 2.00 bits per heavy atom. The van der Waals surface area contributed by atoms with Crippen molar-refractivity contribution >= 4 is 34.5 Å². The Labute approximate surface area is 199 Å². The summed E-state index contributed by atoms with van der Waals surface area (Å²) in [6.45, 7) is 9.22. The molecule has 0 bridgehead atoms. The standard InChI is InChI=1S/C24H34N6O2S/c1-4-32-16-14-26-22-20-17-27-30(23(20)29-24(28-22)33-18(2)3)15-13-25-21(31)12-8-11-19-9-6-5-7-10-19/h5-7,9-10,17-18H,4,8,11-16H2,1-3H3,(H,25,31)(H,26,28,29). The number of ether oxygens (including phenoxy) is 1. The van der Waals surface area contributed by atoms with Crippen molar-refractivity contribution in [3.8, 4) is 0 Å². The maximum atomic E-state index is 12.2. The molecule has 0 aliphatic carbocycles. The second-order valence-corrected chi connectivity index (χ2v) is 9.48. The summed E-state index contributed by atoms with van der Waals surface area (Å²) in [5, 5.41) is 12.8. The number of nitrogens with one attached hydrogen (secondary N) is 2. The van der Waals surface area contributed by atoms with Gasteiger partial charge in [0.25, 0.3) is 0 Å². The summed E-state index contributed by atoms with van der Waals surface area (Å²) in [5.74, 6) is 0.824. The Bertz CT molecular complexity index is 1010. The maximum Gasteiger partial charge on any atom is 0.220 e. The molecule has 2 N–H and O–H groups in total. The molecule has 0 unspecified atom stereocenters. The van der Waals surface area contributed by atoms with E-state index in [2.05, 4.69) is 46.7 Å².